The van der Waals surface area contributed by atoms with Crippen molar-refractivity contribution in [2.45, 2.75) is 44.6 Å². The molecule has 2 aliphatic rings. The van der Waals surface area contributed by atoms with E-state index in [0.717, 1.165) is 19.4 Å². The van der Waals surface area contributed by atoms with Gasteiger partial charge in [-0.1, -0.05) is 12.8 Å². The van der Waals surface area contributed by atoms with Gasteiger partial charge in [0.2, 0.25) is 11.8 Å². The fourth-order valence-electron chi connectivity index (χ4n) is 3.53. The molecule has 1 saturated heterocycles. The second kappa shape index (κ2) is 5.22. The summed E-state index contributed by atoms with van der Waals surface area (Å²) in [5, 5.41) is 10.8. The molecule has 2 heterocycles. The van der Waals surface area contributed by atoms with Gasteiger partial charge in [-0.2, -0.15) is 4.98 Å². The normalized spacial score (nSPS) is 26.1. The molecule has 20 heavy (non-hydrogen) atoms. The van der Waals surface area contributed by atoms with Gasteiger partial charge in [0.15, 0.2) is 0 Å². The Hall–Kier alpha value is -1.92. The maximum atomic E-state index is 10.8. The average molecular weight is 277 g/mol. The molecule has 2 fully saturated rings. The molecule has 1 aliphatic carbocycles. The molecular weight excluding hydrogens is 258 g/mol. The van der Waals surface area contributed by atoms with Crippen LogP contribution in [-0.4, -0.2) is 27.5 Å². The summed E-state index contributed by atoms with van der Waals surface area (Å²) in [5.74, 6) is 1.21. The average Bonchev–Trinajstić information content (AvgIpc) is 2.46. The lowest BCUT2D eigenvalue weighted by atomic mass is 9.78. The molecule has 1 aromatic heterocycles. The maximum Gasteiger partial charge on any atom is 0.329 e. The number of rotatable bonds is 2. The van der Waals surface area contributed by atoms with Crippen LogP contribution in [0.25, 0.3) is 0 Å². The Morgan fingerprint density at radius 2 is 2.05 bits per heavy atom. The lowest BCUT2D eigenvalue weighted by Gasteiger charge is -2.44. The predicted octanol–water partition coefficient (Wildman–Crippen LogP) is 2.13. The zero-order chi connectivity index (χ0) is 14.1. The summed E-state index contributed by atoms with van der Waals surface area (Å²) in [7, 11) is 0. The third kappa shape index (κ3) is 2.28. The van der Waals surface area contributed by atoms with Crippen molar-refractivity contribution in [2.75, 3.05) is 17.2 Å². The summed E-state index contributed by atoms with van der Waals surface area (Å²) in [6.07, 6.45) is 8.59. The number of nitrogens with two attached hydrogens (primary N) is 1. The number of nitrogen functional groups attached to an aromatic ring is 1. The largest absolute Gasteiger partial charge is 0.378 e. The lowest BCUT2D eigenvalue weighted by Crippen LogP contribution is -2.47. The summed E-state index contributed by atoms with van der Waals surface area (Å²) >= 11 is 0. The first kappa shape index (κ1) is 13.1. The second-order valence-electron chi connectivity index (χ2n) is 5.65. The van der Waals surface area contributed by atoms with Crippen LogP contribution in [0.3, 0.4) is 0 Å². The van der Waals surface area contributed by atoms with Gasteiger partial charge in [-0.15, -0.1) is 0 Å². The Balaban J connectivity index is 1.87. The summed E-state index contributed by atoms with van der Waals surface area (Å²) in [5.41, 5.74) is 5.46. The van der Waals surface area contributed by atoms with Crippen LogP contribution < -0.4 is 10.6 Å². The molecule has 1 aliphatic heterocycles. The van der Waals surface area contributed by atoms with E-state index in [-0.39, 0.29) is 11.5 Å². The first-order valence-electron chi connectivity index (χ1n) is 7.20. The van der Waals surface area contributed by atoms with Crippen molar-refractivity contribution in [3.05, 3.63) is 16.3 Å². The lowest BCUT2D eigenvalue weighted by molar-refractivity contribution is -0.384. The van der Waals surface area contributed by atoms with Gasteiger partial charge in [-0.05, 0) is 31.6 Å². The van der Waals surface area contributed by atoms with Crippen molar-refractivity contribution in [1.29, 1.82) is 0 Å². The van der Waals surface area contributed by atoms with Gasteiger partial charge in [0, 0.05) is 12.6 Å². The molecule has 2 unspecified atom stereocenters. The fraction of sp³-hybridized carbons (Fsp3) is 0.692. The van der Waals surface area contributed by atoms with Crippen LogP contribution in [0, 0.1) is 16.0 Å². The Kier molecular flexibility index (Phi) is 3.42. The van der Waals surface area contributed by atoms with Gasteiger partial charge in [-0.3, -0.25) is 10.1 Å². The van der Waals surface area contributed by atoms with Crippen LogP contribution in [0.2, 0.25) is 0 Å². The van der Waals surface area contributed by atoms with E-state index in [0.29, 0.717) is 17.9 Å². The summed E-state index contributed by atoms with van der Waals surface area (Å²) in [4.78, 5) is 20.8. The highest BCUT2D eigenvalue weighted by Gasteiger charge is 2.34. The number of piperidine rings is 1. The highest BCUT2D eigenvalue weighted by Crippen LogP contribution is 2.37. The van der Waals surface area contributed by atoms with Crippen LogP contribution in [0.5, 0.6) is 0 Å². The van der Waals surface area contributed by atoms with Crippen LogP contribution in [0.1, 0.15) is 38.5 Å². The van der Waals surface area contributed by atoms with Crippen molar-refractivity contribution in [2.24, 2.45) is 5.92 Å². The van der Waals surface area contributed by atoms with Crippen molar-refractivity contribution < 1.29 is 4.92 Å². The van der Waals surface area contributed by atoms with Gasteiger partial charge in [0.1, 0.15) is 6.20 Å². The highest BCUT2D eigenvalue weighted by molar-refractivity contribution is 5.54. The molecule has 0 bridgehead atoms. The minimum absolute atomic E-state index is 0.0436. The van der Waals surface area contributed by atoms with E-state index >= 15 is 0 Å². The number of nitrogens with zero attached hydrogens (tertiary/aromatic N) is 4. The smallest absolute Gasteiger partial charge is 0.329 e. The summed E-state index contributed by atoms with van der Waals surface area (Å²) < 4.78 is 0. The molecule has 0 radical (unpaired) electrons. The first-order chi connectivity index (χ1) is 9.66. The zero-order valence-electron chi connectivity index (χ0n) is 11.4. The maximum absolute atomic E-state index is 10.8. The monoisotopic (exact) mass is 277 g/mol. The third-order valence-corrected chi connectivity index (χ3v) is 4.48. The molecule has 7 heteroatoms. The number of hydrogen-bond acceptors (Lipinski definition) is 6. The van der Waals surface area contributed by atoms with Gasteiger partial charge >= 0.3 is 5.69 Å². The number of anilines is 2. The van der Waals surface area contributed by atoms with E-state index in [2.05, 4.69) is 14.9 Å². The van der Waals surface area contributed by atoms with Crippen LogP contribution in [0.4, 0.5) is 17.5 Å². The molecule has 108 valence electrons. The van der Waals surface area contributed by atoms with E-state index < -0.39 is 4.92 Å². The minimum Gasteiger partial charge on any atom is -0.378 e. The van der Waals surface area contributed by atoms with Gasteiger partial charge in [0.25, 0.3) is 0 Å². The van der Waals surface area contributed by atoms with E-state index in [1.807, 2.05) is 0 Å². The summed E-state index contributed by atoms with van der Waals surface area (Å²) in [6, 6.07) is 0.471. The molecule has 3 rings (SSSR count). The molecule has 0 amide bonds. The summed E-state index contributed by atoms with van der Waals surface area (Å²) in [6.45, 7) is 0.915. The number of aromatic nitrogens is 2. The zero-order valence-corrected chi connectivity index (χ0v) is 11.4. The van der Waals surface area contributed by atoms with Gasteiger partial charge < -0.3 is 10.6 Å². The molecule has 7 nitrogen and oxygen atoms in total. The third-order valence-electron chi connectivity index (χ3n) is 4.48. The van der Waals surface area contributed by atoms with Gasteiger partial charge in [-0.25, -0.2) is 4.98 Å². The van der Waals surface area contributed by atoms with E-state index in [1.165, 1.54) is 31.9 Å². The van der Waals surface area contributed by atoms with Crippen molar-refractivity contribution in [1.82, 2.24) is 9.97 Å². The standard InChI is InChI=1S/C13H19N5O2/c14-12-11(18(19)20)8-15-13(16-12)17-7-3-5-9-4-1-2-6-10(9)17/h8-10H,1-7H2,(H2,14,15,16). The Morgan fingerprint density at radius 1 is 1.30 bits per heavy atom. The Morgan fingerprint density at radius 3 is 2.80 bits per heavy atom. The van der Waals surface area contributed by atoms with Crippen LogP contribution in [0.15, 0.2) is 6.20 Å². The highest BCUT2D eigenvalue weighted by atomic mass is 16.6. The topological polar surface area (TPSA) is 98.2 Å². The van der Waals surface area contributed by atoms with Crippen LogP contribution in [-0.2, 0) is 0 Å². The van der Waals surface area contributed by atoms with E-state index in [1.54, 1.807) is 0 Å². The molecule has 2 atom stereocenters. The van der Waals surface area contributed by atoms with Crippen molar-refractivity contribution in [3.63, 3.8) is 0 Å². The molecule has 1 aromatic rings. The van der Waals surface area contributed by atoms with Gasteiger partial charge in [0.05, 0.1) is 4.92 Å². The number of fused-ring (bicyclic) bond motifs is 1. The van der Waals surface area contributed by atoms with Crippen molar-refractivity contribution >= 4 is 17.5 Å². The SMILES string of the molecule is Nc1nc(N2CCCC3CCCCC32)ncc1[N+](=O)[O-]. The predicted molar refractivity (Wildman–Crippen MR) is 75.4 cm³/mol. The van der Waals surface area contributed by atoms with E-state index in [9.17, 15) is 10.1 Å². The molecule has 1 saturated carbocycles. The Bertz CT molecular complexity index is 519. The van der Waals surface area contributed by atoms with Crippen molar-refractivity contribution in [3.8, 4) is 0 Å². The molecular formula is C13H19N5O2. The molecule has 2 N–H and O–H groups in total. The fourth-order valence-corrected chi connectivity index (χ4v) is 3.53. The van der Waals surface area contributed by atoms with E-state index in [4.69, 9.17) is 5.73 Å². The Labute approximate surface area is 117 Å². The number of nitro groups is 1. The molecule has 0 spiro atoms. The quantitative estimate of drug-likeness (QED) is 0.656. The second-order valence-corrected chi connectivity index (χ2v) is 5.65. The first-order valence-corrected chi connectivity index (χ1v) is 7.20. The molecule has 0 aromatic carbocycles. The van der Waals surface area contributed by atoms with Crippen LogP contribution >= 0.6 is 0 Å². The minimum atomic E-state index is -0.543. The number of hydrogen-bond donors (Lipinski definition) is 1.